The van der Waals surface area contributed by atoms with E-state index in [1.165, 1.54) is 83.3 Å². The van der Waals surface area contributed by atoms with Gasteiger partial charge in [0.15, 0.2) is 5.84 Å². The number of halogens is 11. The number of ether oxygens (including phenoxy) is 4. The Hall–Kier alpha value is -6.39. The number of nitrogens with two attached hydrogens (primary N) is 2. The third kappa shape index (κ3) is 15.3. The van der Waals surface area contributed by atoms with Crippen LogP contribution in [0.3, 0.4) is 0 Å². The first-order valence-corrected chi connectivity index (χ1v) is 21.2. The number of hydrogen-bond acceptors (Lipinski definition) is 13. The zero-order chi connectivity index (χ0) is 50.5. The normalized spacial score (nSPS) is 12.4. The summed E-state index contributed by atoms with van der Waals surface area (Å²) in [5.74, 6) is 2.90. The molecule has 0 spiro atoms. The average molecular weight is 1040 g/mol. The van der Waals surface area contributed by atoms with Gasteiger partial charge in [0.25, 0.3) is 0 Å². The fourth-order valence-corrected chi connectivity index (χ4v) is 8.50. The molecular formula is C44H41ClF10N6O6S2. The van der Waals surface area contributed by atoms with E-state index in [-0.39, 0.29) is 46.5 Å². The number of amidine groups is 1. The van der Waals surface area contributed by atoms with Crippen molar-refractivity contribution in [3.05, 3.63) is 128 Å². The summed E-state index contributed by atoms with van der Waals surface area (Å²) >= 11 is 2.54. The van der Waals surface area contributed by atoms with Crippen LogP contribution in [0.25, 0.3) is 21.1 Å². The number of nitriles is 1. The molecule has 0 aliphatic heterocycles. The van der Waals surface area contributed by atoms with Crippen molar-refractivity contribution in [3.8, 4) is 50.2 Å². The zero-order valence-electron chi connectivity index (χ0n) is 36.3. The highest BCUT2D eigenvalue weighted by Gasteiger charge is 2.31. The fraction of sp³-hybridized carbons (Fsp3) is 0.273. The van der Waals surface area contributed by atoms with E-state index in [1.807, 2.05) is 13.8 Å². The molecule has 2 heterocycles. The molecule has 69 heavy (non-hydrogen) atoms. The quantitative estimate of drug-likeness (QED) is 0.0252. The predicted octanol–water partition coefficient (Wildman–Crippen LogP) is 13.3. The summed E-state index contributed by atoms with van der Waals surface area (Å²) in [5.41, 5.74) is 6.27. The molecular weight excluding hydrogens is 998 g/mol. The van der Waals surface area contributed by atoms with Crippen molar-refractivity contribution in [1.82, 2.24) is 9.97 Å². The minimum absolute atomic E-state index is 0. The van der Waals surface area contributed by atoms with Crippen molar-refractivity contribution in [2.24, 2.45) is 16.8 Å². The van der Waals surface area contributed by atoms with Gasteiger partial charge >= 0.3 is 25.6 Å². The van der Waals surface area contributed by atoms with Gasteiger partial charge < -0.3 is 35.1 Å². The van der Waals surface area contributed by atoms with Gasteiger partial charge in [-0.2, -0.15) is 49.2 Å². The number of benzene rings is 4. The number of rotatable bonds is 15. The maximum absolute atomic E-state index is 12.8. The van der Waals surface area contributed by atoms with E-state index in [0.29, 0.717) is 45.4 Å². The Bertz CT molecular complexity index is 2660. The second-order valence-corrected chi connectivity index (χ2v) is 15.8. The van der Waals surface area contributed by atoms with E-state index < -0.39 is 54.7 Å². The van der Waals surface area contributed by atoms with Crippen LogP contribution >= 0.6 is 35.1 Å². The highest BCUT2D eigenvalue weighted by Crippen LogP contribution is 2.40. The van der Waals surface area contributed by atoms with Crippen molar-refractivity contribution in [2.45, 2.75) is 78.3 Å². The van der Waals surface area contributed by atoms with E-state index in [2.05, 4.69) is 30.5 Å². The van der Waals surface area contributed by atoms with Crippen LogP contribution in [0.5, 0.6) is 23.0 Å². The zero-order valence-corrected chi connectivity index (χ0v) is 38.7. The Labute approximate surface area is 401 Å². The lowest BCUT2D eigenvalue weighted by Gasteiger charge is -2.18. The van der Waals surface area contributed by atoms with Crippen LogP contribution in [0.1, 0.15) is 82.3 Å². The van der Waals surface area contributed by atoms with E-state index >= 15 is 0 Å². The van der Waals surface area contributed by atoms with Crippen LogP contribution in [-0.4, -0.2) is 39.4 Å². The van der Waals surface area contributed by atoms with Crippen LogP contribution < -0.4 is 30.6 Å². The second-order valence-electron chi connectivity index (χ2n) is 13.8. The minimum atomic E-state index is -4.43. The summed E-state index contributed by atoms with van der Waals surface area (Å²) in [5, 5.41) is 28.3. The van der Waals surface area contributed by atoms with Crippen LogP contribution in [-0.2, 0) is 12.4 Å². The summed E-state index contributed by atoms with van der Waals surface area (Å²) in [7, 11) is 0. The van der Waals surface area contributed by atoms with Crippen LogP contribution in [0, 0.1) is 25.2 Å². The lowest BCUT2D eigenvalue weighted by Crippen LogP contribution is -2.16. The molecule has 6 rings (SSSR count). The van der Waals surface area contributed by atoms with Crippen molar-refractivity contribution in [1.29, 1.82) is 5.26 Å². The molecule has 0 saturated heterocycles. The molecule has 2 unspecified atom stereocenters. The Balaban J connectivity index is 0.000000348. The first-order chi connectivity index (χ1) is 32.1. The minimum Gasteiger partial charge on any atom is -0.485 e. The third-order valence-electron chi connectivity index (χ3n) is 9.31. The van der Waals surface area contributed by atoms with Gasteiger partial charge in [-0.15, -0.1) is 35.1 Å². The number of nitrogens with zero attached hydrogens (tertiary/aromatic N) is 4. The molecule has 0 amide bonds. The monoisotopic (exact) mass is 1040 g/mol. The number of aryl methyl sites for hydroxylation is 2. The van der Waals surface area contributed by atoms with Crippen molar-refractivity contribution in [2.75, 3.05) is 0 Å². The highest BCUT2D eigenvalue weighted by atomic mass is 35.5. The molecule has 0 aliphatic carbocycles. The summed E-state index contributed by atoms with van der Waals surface area (Å²) in [6.45, 7) is 0.991. The smallest absolute Gasteiger partial charge is 0.416 e. The van der Waals surface area contributed by atoms with Crippen molar-refractivity contribution < 1.29 is 73.3 Å². The van der Waals surface area contributed by atoms with E-state index in [1.54, 1.807) is 19.9 Å². The molecule has 0 radical (unpaired) electrons. The van der Waals surface area contributed by atoms with E-state index in [9.17, 15) is 43.9 Å². The first kappa shape index (κ1) is 56.9. The van der Waals surface area contributed by atoms with Crippen LogP contribution in [0.15, 0.2) is 90.1 Å². The number of alkyl halides is 10. The Morgan fingerprint density at radius 3 is 1.42 bits per heavy atom. The molecule has 0 saturated carbocycles. The maximum Gasteiger partial charge on any atom is 0.416 e. The van der Waals surface area contributed by atoms with Gasteiger partial charge in [-0.1, -0.05) is 43.3 Å². The highest BCUT2D eigenvalue weighted by molar-refractivity contribution is 7.15. The Morgan fingerprint density at radius 1 is 0.667 bits per heavy atom. The number of aromatic nitrogens is 2. The number of hydrogen-bond donors (Lipinski definition) is 4. The summed E-state index contributed by atoms with van der Waals surface area (Å²) in [4.78, 5) is 10.4. The number of oxime groups is 1. The molecule has 12 nitrogen and oxygen atoms in total. The van der Waals surface area contributed by atoms with Crippen molar-refractivity contribution in [3.63, 3.8) is 0 Å². The van der Waals surface area contributed by atoms with Gasteiger partial charge in [0.2, 0.25) is 0 Å². The summed E-state index contributed by atoms with van der Waals surface area (Å²) in [6, 6.07) is 19.2. The van der Waals surface area contributed by atoms with Crippen LogP contribution in [0.2, 0.25) is 0 Å². The van der Waals surface area contributed by atoms with Gasteiger partial charge in [-0.05, 0) is 75.2 Å². The van der Waals surface area contributed by atoms with Gasteiger partial charge in [-0.3, -0.25) is 0 Å². The first-order valence-electron chi connectivity index (χ1n) is 19.6. The molecule has 6 N–H and O–H groups in total. The van der Waals surface area contributed by atoms with Gasteiger partial charge in [0.1, 0.15) is 51.3 Å². The van der Waals surface area contributed by atoms with E-state index in [0.717, 1.165) is 34.0 Å². The molecule has 0 fully saturated rings. The second kappa shape index (κ2) is 25.3. The topological polar surface area (TPSA) is 191 Å². The largest absolute Gasteiger partial charge is 0.485 e. The van der Waals surface area contributed by atoms with Gasteiger partial charge in [0, 0.05) is 23.3 Å². The van der Waals surface area contributed by atoms with E-state index in [4.69, 9.17) is 30.9 Å². The maximum atomic E-state index is 12.8. The standard InChI is InChI=1S/C22H20F5N3O3S.C22H17F5N2O2S.ClH.H3NO/c1-3-16(32-14-8-9-15(19(28)30-31)17(10-14)33-21(23)24)18-11(2)29-20(34-18)12-4-6-13(7-5-12)22(25,26)27;1-3-17(30-16-9-6-14(11-28)18(10-16)31-21(23)24)19-12(2)29-20(32-19)13-4-7-15(8-5-13)22(25,26)27;;1-2/h4-10,16,21,31H,3H2,1-2H3,(H2,28,30);4-10,17,21H,3H2,1-2H3;1H;2H,1H2. The van der Waals surface area contributed by atoms with Gasteiger partial charge in [0.05, 0.1) is 43.4 Å². The summed E-state index contributed by atoms with van der Waals surface area (Å²) in [6.07, 6.45) is -8.85. The molecule has 2 aromatic heterocycles. The van der Waals surface area contributed by atoms with Crippen LogP contribution in [0.4, 0.5) is 43.9 Å². The SMILES string of the molecule is CCC(Oc1ccc(C#N)c(OC(F)F)c1)c1sc(-c2ccc(C(F)(F)F)cc2)nc1C.CCC(Oc1ccc(C(N)=NO)c(OC(F)F)c1)c1sc(-c2ccc(C(F)(F)F)cc2)nc1C.Cl.NO. The molecule has 6 aromatic rings. The molecule has 0 bridgehead atoms. The molecule has 4 aromatic carbocycles. The third-order valence-corrected chi connectivity index (χ3v) is 11.9. The number of thiazole rings is 2. The van der Waals surface area contributed by atoms with Crippen molar-refractivity contribution >= 4 is 40.9 Å². The Kier molecular flexibility index (Phi) is 20.9. The van der Waals surface area contributed by atoms with Gasteiger partial charge in [-0.25, -0.2) is 15.9 Å². The fourth-order valence-electron chi connectivity index (χ4n) is 6.13. The predicted molar refractivity (Wildman–Crippen MR) is 238 cm³/mol. The lowest BCUT2D eigenvalue weighted by atomic mass is 10.1. The molecule has 372 valence electrons. The average Bonchev–Trinajstić information content (AvgIpc) is 3.89. The Morgan fingerprint density at radius 2 is 1.06 bits per heavy atom. The molecule has 0 aliphatic rings. The lowest BCUT2D eigenvalue weighted by molar-refractivity contribution is -0.138. The summed E-state index contributed by atoms with van der Waals surface area (Å²) < 4.78 is 149. The molecule has 2 atom stereocenters. The molecule has 25 heteroatoms.